The van der Waals surface area contributed by atoms with E-state index >= 15 is 0 Å². The molecule has 0 aromatic carbocycles. The normalized spacial score (nSPS) is 24.7. The monoisotopic (exact) mass is 231 g/mol. The van der Waals surface area contributed by atoms with Crippen molar-refractivity contribution < 1.29 is 23.8 Å². The van der Waals surface area contributed by atoms with Crippen molar-refractivity contribution >= 4 is 11.9 Å². The van der Waals surface area contributed by atoms with E-state index in [0.29, 0.717) is 13.2 Å². The van der Waals surface area contributed by atoms with Crippen molar-refractivity contribution in [3.8, 4) is 0 Å². The first kappa shape index (κ1) is 12.9. The van der Waals surface area contributed by atoms with Gasteiger partial charge in [0, 0.05) is 13.7 Å². The van der Waals surface area contributed by atoms with E-state index < -0.39 is 6.04 Å². The Morgan fingerprint density at radius 2 is 2.06 bits per heavy atom. The summed E-state index contributed by atoms with van der Waals surface area (Å²) in [6.45, 7) is 2.87. The van der Waals surface area contributed by atoms with Crippen molar-refractivity contribution in [2.45, 2.75) is 19.0 Å². The molecule has 0 N–H and O–H groups in total. The molecule has 16 heavy (non-hydrogen) atoms. The lowest BCUT2D eigenvalue weighted by molar-refractivity contribution is -0.147. The minimum Gasteiger partial charge on any atom is -0.468 e. The van der Waals surface area contributed by atoms with Gasteiger partial charge in [0.15, 0.2) is 0 Å². The Morgan fingerprint density at radius 3 is 2.62 bits per heavy atom. The molecule has 6 nitrogen and oxygen atoms in total. The summed E-state index contributed by atoms with van der Waals surface area (Å²) in [5, 5.41) is 0. The van der Waals surface area contributed by atoms with Crippen molar-refractivity contribution in [1.29, 1.82) is 0 Å². The van der Waals surface area contributed by atoms with E-state index in [2.05, 4.69) is 4.74 Å². The van der Waals surface area contributed by atoms with Gasteiger partial charge in [-0.1, -0.05) is 0 Å². The highest BCUT2D eigenvalue weighted by molar-refractivity contribution is 5.82. The summed E-state index contributed by atoms with van der Waals surface area (Å²) >= 11 is 0. The van der Waals surface area contributed by atoms with Gasteiger partial charge in [-0.25, -0.2) is 0 Å². The average molecular weight is 231 g/mol. The molecule has 0 saturated carbocycles. The van der Waals surface area contributed by atoms with Gasteiger partial charge in [0.2, 0.25) is 0 Å². The van der Waals surface area contributed by atoms with Crippen LogP contribution in [0.25, 0.3) is 0 Å². The summed E-state index contributed by atoms with van der Waals surface area (Å²) in [6.07, 6.45) is 0. The number of ether oxygens (including phenoxy) is 3. The first-order chi connectivity index (χ1) is 7.61. The quantitative estimate of drug-likeness (QED) is 0.346. The van der Waals surface area contributed by atoms with E-state index in [-0.39, 0.29) is 24.6 Å². The second-order valence-electron chi connectivity index (χ2n) is 3.57. The van der Waals surface area contributed by atoms with E-state index in [4.69, 9.17) is 9.47 Å². The van der Waals surface area contributed by atoms with Gasteiger partial charge in [-0.05, 0) is 6.92 Å². The van der Waals surface area contributed by atoms with Gasteiger partial charge in [0.1, 0.15) is 18.7 Å². The first-order valence-corrected chi connectivity index (χ1v) is 5.11. The molecule has 0 aliphatic carbocycles. The number of esters is 2. The van der Waals surface area contributed by atoms with Gasteiger partial charge >= 0.3 is 11.9 Å². The fourth-order valence-electron chi connectivity index (χ4n) is 1.42. The Hall–Kier alpha value is -1.14. The molecule has 6 heteroatoms. The van der Waals surface area contributed by atoms with Gasteiger partial charge in [-0.3, -0.25) is 14.5 Å². The van der Waals surface area contributed by atoms with Gasteiger partial charge in [0.25, 0.3) is 0 Å². The zero-order valence-electron chi connectivity index (χ0n) is 9.76. The third-order valence-corrected chi connectivity index (χ3v) is 2.49. The second-order valence-corrected chi connectivity index (χ2v) is 3.57. The molecule has 1 saturated heterocycles. The number of carbonyl (C=O) groups excluding carboxylic acids is 2. The molecule has 0 aromatic heterocycles. The first-order valence-electron chi connectivity index (χ1n) is 5.11. The Bertz CT molecular complexity index is 268. The molecule has 1 fully saturated rings. The molecule has 0 aromatic rings. The van der Waals surface area contributed by atoms with Gasteiger partial charge in [-0.15, -0.1) is 0 Å². The van der Waals surface area contributed by atoms with Crippen LogP contribution in [0.1, 0.15) is 6.92 Å². The Kier molecular flexibility index (Phi) is 4.70. The molecule has 1 unspecified atom stereocenters. The van der Waals surface area contributed by atoms with Gasteiger partial charge < -0.3 is 14.2 Å². The van der Waals surface area contributed by atoms with Gasteiger partial charge in [-0.2, -0.15) is 0 Å². The predicted molar refractivity (Wildman–Crippen MR) is 54.8 cm³/mol. The number of hydrogen-bond acceptors (Lipinski definition) is 6. The Balaban J connectivity index is 2.27. The van der Waals surface area contributed by atoms with Crippen molar-refractivity contribution in [1.82, 2.24) is 4.90 Å². The highest BCUT2D eigenvalue weighted by Crippen LogP contribution is 2.23. The minimum atomic E-state index is -0.398. The molecule has 1 aliphatic heterocycles. The predicted octanol–water partition coefficient (Wildman–Crippen LogP) is -0.578. The molecule has 0 bridgehead atoms. The largest absolute Gasteiger partial charge is 0.468 e. The van der Waals surface area contributed by atoms with E-state index in [1.165, 1.54) is 14.2 Å². The maximum absolute atomic E-state index is 11.4. The van der Waals surface area contributed by atoms with Crippen LogP contribution in [0.4, 0.5) is 0 Å². The van der Waals surface area contributed by atoms with Crippen LogP contribution >= 0.6 is 0 Å². The molecule has 0 radical (unpaired) electrons. The molecule has 1 heterocycles. The molecule has 3 atom stereocenters. The molecule has 92 valence electrons. The number of methoxy groups -OCH3 is 2. The van der Waals surface area contributed by atoms with E-state index in [0.717, 1.165) is 0 Å². The fourth-order valence-corrected chi connectivity index (χ4v) is 1.42. The summed E-state index contributed by atoms with van der Waals surface area (Å²) in [5.41, 5.74) is 0. The van der Waals surface area contributed by atoms with Crippen molar-refractivity contribution in [3.63, 3.8) is 0 Å². The van der Waals surface area contributed by atoms with Crippen molar-refractivity contribution in [2.24, 2.45) is 0 Å². The highest BCUT2D eigenvalue weighted by Gasteiger charge is 2.47. The molecule has 0 amide bonds. The molecular weight excluding hydrogens is 214 g/mol. The molecule has 1 rings (SSSR count). The maximum atomic E-state index is 11.4. The van der Waals surface area contributed by atoms with Crippen LogP contribution in [0.15, 0.2) is 0 Å². The summed E-state index contributed by atoms with van der Waals surface area (Å²) < 4.78 is 14.3. The standard InChI is InChI=1S/C10H17NO5/c1-7(9(12)15-3)11-6-8(11)10(13)16-5-4-14-2/h7-8H,4-6H2,1-3H3/t7-,8-,11?/m1/s1. The van der Waals surface area contributed by atoms with Crippen molar-refractivity contribution in [2.75, 3.05) is 34.0 Å². The van der Waals surface area contributed by atoms with E-state index in [1.54, 1.807) is 11.8 Å². The number of carbonyl (C=O) groups is 2. The number of nitrogens with zero attached hydrogens (tertiary/aromatic N) is 1. The Morgan fingerprint density at radius 1 is 1.38 bits per heavy atom. The summed E-state index contributed by atoms with van der Waals surface area (Å²) in [7, 11) is 2.87. The zero-order chi connectivity index (χ0) is 12.1. The van der Waals surface area contributed by atoms with Crippen LogP contribution in [-0.2, 0) is 23.8 Å². The SMILES string of the molecule is COCCOC(=O)[C@H]1CN1[C@H](C)C(=O)OC. The number of hydrogen-bond donors (Lipinski definition) is 0. The topological polar surface area (TPSA) is 64.8 Å². The number of rotatable bonds is 6. The average Bonchev–Trinajstić information content (AvgIpc) is 3.07. The lowest BCUT2D eigenvalue weighted by Gasteiger charge is -2.10. The Labute approximate surface area is 94.4 Å². The maximum Gasteiger partial charge on any atom is 0.324 e. The smallest absolute Gasteiger partial charge is 0.324 e. The lowest BCUT2D eigenvalue weighted by atomic mass is 10.3. The van der Waals surface area contributed by atoms with Crippen LogP contribution in [0, 0.1) is 0 Å². The summed E-state index contributed by atoms with van der Waals surface area (Å²) in [5.74, 6) is -0.653. The van der Waals surface area contributed by atoms with Crippen LogP contribution in [-0.4, -0.2) is 62.9 Å². The fraction of sp³-hybridized carbons (Fsp3) is 0.800. The van der Waals surface area contributed by atoms with Crippen LogP contribution in [0.5, 0.6) is 0 Å². The third-order valence-electron chi connectivity index (χ3n) is 2.49. The van der Waals surface area contributed by atoms with Crippen LogP contribution < -0.4 is 0 Å². The zero-order valence-corrected chi connectivity index (χ0v) is 9.76. The van der Waals surface area contributed by atoms with E-state index in [9.17, 15) is 9.59 Å². The third kappa shape index (κ3) is 3.18. The molecule has 1 aliphatic rings. The van der Waals surface area contributed by atoms with Crippen molar-refractivity contribution in [3.05, 3.63) is 0 Å². The van der Waals surface area contributed by atoms with Gasteiger partial charge in [0.05, 0.1) is 13.7 Å². The minimum absolute atomic E-state index is 0.242. The molecule has 0 spiro atoms. The van der Waals surface area contributed by atoms with Crippen LogP contribution in [0.2, 0.25) is 0 Å². The highest BCUT2D eigenvalue weighted by atomic mass is 16.6. The lowest BCUT2D eigenvalue weighted by Crippen LogP contribution is -2.30. The van der Waals surface area contributed by atoms with E-state index in [1.807, 2.05) is 0 Å². The second kappa shape index (κ2) is 5.81. The van der Waals surface area contributed by atoms with Crippen LogP contribution in [0.3, 0.4) is 0 Å². The summed E-state index contributed by atoms with van der Waals surface area (Å²) in [6, 6.07) is -0.712. The molecular formula is C10H17NO5. The summed E-state index contributed by atoms with van der Waals surface area (Å²) in [4.78, 5) is 24.3.